The summed E-state index contributed by atoms with van der Waals surface area (Å²) < 4.78 is 0. The molecule has 0 heterocycles. The zero-order valence-corrected chi connectivity index (χ0v) is 8.46. The molecule has 0 atom stereocenters. The van der Waals surface area contributed by atoms with Crippen molar-refractivity contribution in [3.8, 4) is 0 Å². The number of rotatable bonds is 2. The van der Waals surface area contributed by atoms with E-state index in [0.717, 1.165) is 6.42 Å². The molecule has 2 N–H and O–H groups in total. The fourth-order valence-electron chi connectivity index (χ4n) is 1.80. The summed E-state index contributed by atoms with van der Waals surface area (Å²) in [5, 5.41) is 0. The average molecular weight is 185 g/mol. The zero-order valence-electron chi connectivity index (χ0n) is 8.46. The third kappa shape index (κ3) is 1.64. The van der Waals surface area contributed by atoms with Gasteiger partial charge in [-0.1, -0.05) is 36.4 Å². The Morgan fingerprint density at radius 1 is 1.21 bits per heavy atom. The van der Waals surface area contributed by atoms with Crippen LogP contribution in [0.15, 0.2) is 42.0 Å². The topological polar surface area (TPSA) is 26.0 Å². The Kier molecular flexibility index (Phi) is 2.51. The van der Waals surface area contributed by atoms with Gasteiger partial charge in [0.05, 0.1) is 0 Å². The lowest BCUT2D eigenvalue weighted by molar-refractivity contribution is 1.07. The quantitative estimate of drug-likeness (QED) is 0.753. The predicted octanol–water partition coefficient (Wildman–Crippen LogP) is 2.88. The number of hydrogen-bond donors (Lipinski definition) is 1. The molecule has 1 aliphatic carbocycles. The van der Waals surface area contributed by atoms with Gasteiger partial charge in [0.2, 0.25) is 0 Å². The molecule has 1 aromatic rings. The Labute approximate surface area is 84.9 Å². The van der Waals surface area contributed by atoms with E-state index in [2.05, 4.69) is 43.3 Å². The minimum absolute atomic E-state index is 0.622. The molecule has 0 unspecified atom stereocenters. The third-order valence-corrected chi connectivity index (χ3v) is 2.70. The second-order valence-corrected chi connectivity index (χ2v) is 3.67. The molecule has 72 valence electrons. The first-order valence-electron chi connectivity index (χ1n) is 4.97. The summed E-state index contributed by atoms with van der Waals surface area (Å²) in [6.07, 6.45) is 5.46. The molecule has 1 aromatic carbocycles. The molecule has 0 aromatic heterocycles. The largest absolute Gasteiger partial charge is 0.326 e. The van der Waals surface area contributed by atoms with Crippen molar-refractivity contribution in [1.29, 1.82) is 0 Å². The van der Waals surface area contributed by atoms with Gasteiger partial charge in [-0.2, -0.15) is 0 Å². The normalized spacial score (nSPS) is 15.3. The summed E-state index contributed by atoms with van der Waals surface area (Å²) in [5.74, 6) is 0. The number of benzene rings is 1. The minimum atomic E-state index is 0.622. The van der Waals surface area contributed by atoms with Gasteiger partial charge >= 0.3 is 0 Å². The lowest BCUT2D eigenvalue weighted by Gasteiger charge is -2.05. The summed E-state index contributed by atoms with van der Waals surface area (Å²) in [7, 11) is 0. The first-order chi connectivity index (χ1) is 6.81. The van der Waals surface area contributed by atoms with Crippen LogP contribution >= 0.6 is 0 Å². The van der Waals surface area contributed by atoms with Crippen LogP contribution in [0.2, 0.25) is 0 Å². The Morgan fingerprint density at radius 2 is 1.93 bits per heavy atom. The molecular formula is C13H15N. The second kappa shape index (κ2) is 3.81. The highest BCUT2D eigenvalue weighted by molar-refractivity contribution is 5.74. The van der Waals surface area contributed by atoms with Gasteiger partial charge in [0.25, 0.3) is 0 Å². The lowest BCUT2D eigenvalue weighted by atomic mass is 10.0. The highest BCUT2D eigenvalue weighted by Crippen LogP contribution is 2.28. The van der Waals surface area contributed by atoms with Crippen LogP contribution in [0.1, 0.15) is 24.5 Å². The maximum absolute atomic E-state index is 5.56. The van der Waals surface area contributed by atoms with Gasteiger partial charge in [0.1, 0.15) is 0 Å². The van der Waals surface area contributed by atoms with Crippen LogP contribution < -0.4 is 5.73 Å². The average Bonchev–Trinajstić information content (AvgIpc) is 2.65. The zero-order chi connectivity index (χ0) is 9.97. The highest BCUT2D eigenvalue weighted by Gasteiger charge is 2.07. The monoisotopic (exact) mass is 185 g/mol. The van der Waals surface area contributed by atoms with Crippen molar-refractivity contribution in [3.05, 3.63) is 53.1 Å². The molecule has 0 bridgehead atoms. The Hall–Kier alpha value is -1.34. The second-order valence-electron chi connectivity index (χ2n) is 3.67. The van der Waals surface area contributed by atoms with E-state index < -0.39 is 0 Å². The third-order valence-electron chi connectivity index (χ3n) is 2.70. The maximum Gasteiger partial charge on any atom is 0.0178 e. The van der Waals surface area contributed by atoms with Crippen molar-refractivity contribution in [2.75, 3.05) is 0 Å². The van der Waals surface area contributed by atoms with Crippen LogP contribution in [0.3, 0.4) is 0 Å². The summed E-state index contributed by atoms with van der Waals surface area (Å²) in [5.41, 5.74) is 10.9. The fraction of sp³-hybridized carbons (Fsp3) is 0.231. The van der Waals surface area contributed by atoms with Crippen molar-refractivity contribution in [3.63, 3.8) is 0 Å². The van der Waals surface area contributed by atoms with E-state index in [4.69, 9.17) is 5.73 Å². The number of hydrogen-bond acceptors (Lipinski definition) is 1. The van der Waals surface area contributed by atoms with Gasteiger partial charge in [-0.05, 0) is 35.6 Å². The van der Waals surface area contributed by atoms with Gasteiger partial charge in [-0.3, -0.25) is 0 Å². The first-order valence-corrected chi connectivity index (χ1v) is 4.97. The van der Waals surface area contributed by atoms with Gasteiger partial charge in [0, 0.05) is 6.54 Å². The van der Waals surface area contributed by atoms with Crippen LogP contribution in [-0.2, 0) is 6.54 Å². The maximum atomic E-state index is 5.56. The molecule has 0 spiro atoms. The molecule has 0 amide bonds. The molecule has 1 heteroatoms. The molecule has 0 saturated carbocycles. The van der Waals surface area contributed by atoms with E-state index in [-0.39, 0.29) is 0 Å². The molecule has 1 aliphatic rings. The molecule has 2 rings (SSSR count). The van der Waals surface area contributed by atoms with Crippen LogP contribution in [0, 0.1) is 0 Å². The minimum Gasteiger partial charge on any atom is -0.326 e. The molecule has 1 nitrogen and oxygen atoms in total. The summed E-state index contributed by atoms with van der Waals surface area (Å²) >= 11 is 0. The van der Waals surface area contributed by atoms with Gasteiger partial charge in [0.15, 0.2) is 0 Å². The molecule has 0 saturated heterocycles. The van der Waals surface area contributed by atoms with E-state index >= 15 is 0 Å². The molecule has 14 heavy (non-hydrogen) atoms. The van der Waals surface area contributed by atoms with E-state index in [9.17, 15) is 0 Å². The summed E-state index contributed by atoms with van der Waals surface area (Å²) in [6.45, 7) is 2.78. The predicted molar refractivity (Wildman–Crippen MR) is 60.7 cm³/mol. The van der Waals surface area contributed by atoms with E-state index in [1.807, 2.05) is 0 Å². The van der Waals surface area contributed by atoms with Crippen molar-refractivity contribution in [2.45, 2.75) is 19.9 Å². The highest BCUT2D eigenvalue weighted by atomic mass is 14.5. The van der Waals surface area contributed by atoms with Gasteiger partial charge < -0.3 is 5.73 Å². The summed E-state index contributed by atoms with van der Waals surface area (Å²) in [4.78, 5) is 0. The number of nitrogens with two attached hydrogens (primary N) is 1. The molecular weight excluding hydrogens is 170 g/mol. The van der Waals surface area contributed by atoms with Crippen LogP contribution in [0.4, 0.5) is 0 Å². The summed E-state index contributed by atoms with van der Waals surface area (Å²) in [6, 6.07) is 8.53. The molecule has 0 aliphatic heterocycles. The Morgan fingerprint density at radius 3 is 2.43 bits per heavy atom. The van der Waals surface area contributed by atoms with Crippen LogP contribution in [-0.4, -0.2) is 0 Å². The van der Waals surface area contributed by atoms with Crippen LogP contribution in [0.5, 0.6) is 0 Å². The molecule has 0 radical (unpaired) electrons. The Bertz CT molecular complexity index is 382. The van der Waals surface area contributed by atoms with Crippen LogP contribution in [0.25, 0.3) is 5.57 Å². The van der Waals surface area contributed by atoms with Crippen molar-refractivity contribution in [1.82, 2.24) is 0 Å². The first kappa shape index (κ1) is 9.22. The number of allylic oxidation sites excluding steroid dienone is 4. The van der Waals surface area contributed by atoms with E-state index in [0.29, 0.717) is 6.54 Å². The lowest BCUT2D eigenvalue weighted by Crippen LogP contribution is -1.95. The van der Waals surface area contributed by atoms with Gasteiger partial charge in [-0.15, -0.1) is 0 Å². The Balaban J connectivity index is 2.30. The fourth-order valence-corrected chi connectivity index (χ4v) is 1.80. The van der Waals surface area contributed by atoms with E-state index in [1.165, 1.54) is 22.3 Å². The van der Waals surface area contributed by atoms with Crippen molar-refractivity contribution in [2.24, 2.45) is 5.73 Å². The smallest absolute Gasteiger partial charge is 0.0178 e. The SMILES string of the molecule is CC1=C(c2ccc(CN)cc2)CC=C1. The van der Waals surface area contributed by atoms with Crippen molar-refractivity contribution < 1.29 is 0 Å². The standard InChI is InChI=1S/C13H15N/c1-10-3-2-4-13(10)12-7-5-11(9-14)6-8-12/h2-3,5-8H,4,9,14H2,1H3. The van der Waals surface area contributed by atoms with E-state index in [1.54, 1.807) is 0 Å². The van der Waals surface area contributed by atoms with Crippen molar-refractivity contribution >= 4 is 5.57 Å². The molecule has 0 fully saturated rings. The van der Waals surface area contributed by atoms with Gasteiger partial charge in [-0.25, -0.2) is 0 Å².